The SMILES string of the molecule is O.O.O.[B]c1cccc(N)c1. The molecule has 0 aliphatic rings. The minimum atomic E-state index is 0. The molecule has 0 atom stereocenters. The molecule has 2 radical (unpaired) electrons. The second kappa shape index (κ2) is 7.08. The summed E-state index contributed by atoms with van der Waals surface area (Å²) >= 11 is 0. The van der Waals surface area contributed by atoms with Crippen LogP contribution in [0.5, 0.6) is 0 Å². The molecule has 8 N–H and O–H groups in total. The fraction of sp³-hybridized carbons (Fsp3) is 0. The van der Waals surface area contributed by atoms with E-state index in [4.69, 9.17) is 13.6 Å². The predicted octanol–water partition coefficient (Wildman–Crippen LogP) is -2.41. The molecule has 0 amide bonds. The zero-order valence-corrected chi connectivity index (χ0v) is 5.96. The largest absolute Gasteiger partial charge is 0.412 e. The molecule has 1 rings (SSSR count). The van der Waals surface area contributed by atoms with Crippen molar-refractivity contribution in [2.24, 2.45) is 0 Å². The molecule has 0 heterocycles. The summed E-state index contributed by atoms with van der Waals surface area (Å²) in [6, 6.07) is 7.15. The van der Waals surface area contributed by atoms with Gasteiger partial charge in [-0.1, -0.05) is 17.6 Å². The van der Waals surface area contributed by atoms with Gasteiger partial charge in [-0.3, -0.25) is 0 Å². The molecule has 0 bridgehead atoms. The highest BCUT2D eigenvalue weighted by Crippen LogP contribution is 1.93. The lowest BCUT2D eigenvalue weighted by Crippen LogP contribution is -2.01. The Morgan fingerprint density at radius 1 is 1.09 bits per heavy atom. The van der Waals surface area contributed by atoms with E-state index in [0.717, 1.165) is 0 Å². The highest BCUT2D eigenvalue weighted by Gasteiger charge is 1.80. The number of rotatable bonds is 0. The second-order valence-corrected chi connectivity index (χ2v) is 1.67. The van der Waals surface area contributed by atoms with Gasteiger partial charge in [0.05, 0.1) is 0 Å². The van der Waals surface area contributed by atoms with E-state index in [1.54, 1.807) is 18.2 Å². The van der Waals surface area contributed by atoms with Crippen LogP contribution in [0.4, 0.5) is 5.69 Å². The van der Waals surface area contributed by atoms with Gasteiger partial charge in [-0.15, -0.1) is 0 Å². The maximum atomic E-state index is 5.38. The fourth-order valence-corrected chi connectivity index (χ4v) is 0.559. The molecule has 62 valence electrons. The van der Waals surface area contributed by atoms with Crippen LogP contribution in [0.1, 0.15) is 0 Å². The normalized spacial score (nSPS) is 6.55. The van der Waals surface area contributed by atoms with Crippen LogP contribution in [0, 0.1) is 0 Å². The van der Waals surface area contributed by atoms with Gasteiger partial charge < -0.3 is 22.2 Å². The Hall–Kier alpha value is -1.04. The van der Waals surface area contributed by atoms with E-state index in [1.165, 1.54) is 0 Å². The number of hydrogen-bond acceptors (Lipinski definition) is 1. The Balaban J connectivity index is -0.000000213. The van der Waals surface area contributed by atoms with E-state index in [2.05, 4.69) is 0 Å². The first-order valence-electron chi connectivity index (χ1n) is 2.40. The Morgan fingerprint density at radius 3 is 1.91 bits per heavy atom. The van der Waals surface area contributed by atoms with Crippen LogP contribution in [0.25, 0.3) is 0 Å². The van der Waals surface area contributed by atoms with Gasteiger partial charge in [0.25, 0.3) is 0 Å². The van der Waals surface area contributed by atoms with Crippen LogP contribution >= 0.6 is 0 Å². The summed E-state index contributed by atoms with van der Waals surface area (Å²) in [7, 11) is 5.38. The van der Waals surface area contributed by atoms with Crippen LogP contribution in [0.3, 0.4) is 0 Å². The van der Waals surface area contributed by atoms with Crippen LogP contribution < -0.4 is 11.2 Å². The zero-order chi connectivity index (χ0) is 5.98. The summed E-state index contributed by atoms with van der Waals surface area (Å²) in [6.07, 6.45) is 0. The van der Waals surface area contributed by atoms with Crippen LogP contribution in [-0.4, -0.2) is 24.3 Å². The Bertz CT molecular complexity index is 178. The van der Waals surface area contributed by atoms with Crippen LogP contribution in [0.2, 0.25) is 0 Å². The molecule has 1 aromatic carbocycles. The molecule has 0 aromatic heterocycles. The quantitative estimate of drug-likeness (QED) is 0.327. The molecule has 0 unspecified atom stereocenters. The van der Waals surface area contributed by atoms with E-state index in [-0.39, 0.29) is 16.4 Å². The summed E-state index contributed by atoms with van der Waals surface area (Å²) in [6.45, 7) is 0. The number of nitrogen functional groups attached to an aromatic ring is 1. The number of anilines is 1. The van der Waals surface area contributed by atoms with Gasteiger partial charge in [0.1, 0.15) is 7.85 Å². The minimum Gasteiger partial charge on any atom is -0.412 e. The van der Waals surface area contributed by atoms with E-state index >= 15 is 0 Å². The van der Waals surface area contributed by atoms with Gasteiger partial charge in [-0.05, 0) is 12.1 Å². The van der Waals surface area contributed by atoms with E-state index in [9.17, 15) is 0 Å². The van der Waals surface area contributed by atoms with Crippen molar-refractivity contribution in [3.8, 4) is 0 Å². The van der Waals surface area contributed by atoms with Crippen molar-refractivity contribution in [2.45, 2.75) is 0 Å². The Labute approximate surface area is 66.4 Å². The van der Waals surface area contributed by atoms with Gasteiger partial charge in [0.15, 0.2) is 0 Å². The summed E-state index contributed by atoms with van der Waals surface area (Å²) in [5.74, 6) is 0. The van der Waals surface area contributed by atoms with Crippen LogP contribution in [-0.2, 0) is 0 Å². The molecule has 0 saturated heterocycles. The second-order valence-electron chi connectivity index (χ2n) is 1.67. The average Bonchev–Trinajstić information content (AvgIpc) is 1.64. The monoisotopic (exact) mass is 157 g/mol. The summed E-state index contributed by atoms with van der Waals surface area (Å²) in [4.78, 5) is 0. The molecule has 0 saturated carbocycles. The smallest absolute Gasteiger partial charge is 0.113 e. The van der Waals surface area contributed by atoms with Gasteiger partial charge >= 0.3 is 0 Å². The maximum absolute atomic E-state index is 5.38. The van der Waals surface area contributed by atoms with Crippen molar-refractivity contribution in [3.05, 3.63) is 24.3 Å². The number of benzene rings is 1. The molecule has 5 heteroatoms. The molecule has 0 aliphatic heterocycles. The lowest BCUT2D eigenvalue weighted by atomic mass is 9.96. The van der Waals surface area contributed by atoms with Gasteiger partial charge in [0.2, 0.25) is 0 Å². The molecule has 1 aromatic rings. The molecule has 11 heavy (non-hydrogen) atoms. The third-order valence-corrected chi connectivity index (χ3v) is 0.911. The van der Waals surface area contributed by atoms with Crippen molar-refractivity contribution in [1.82, 2.24) is 0 Å². The average molecular weight is 157 g/mol. The van der Waals surface area contributed by atoms with E-state index < -0.39 is 0 Å². The standard InChI is InChI=1S/C6H6BN.3H2O/c7-5-2-1-3-6(8)4-5;;;/h1-4H,8H2;3*1H2. The van der Waals surface area contributed by atoms with Crippen molar-refractivity contribution in [1.29, 1.82) is 0 Å². The van der Waals surface area contributed by atoms with Crippen LogP contribution in [0.15, 0.2) is 24.3 Å². The third kappa shape index (κ3) is 5.41. The number of nitrogens with two attached hydrogens (primary N) is 1. The first kappa shape index (κ1) is 16.5. The molecule has 0 spiro atoms. The minimum absolute atomic E-state index is 0. The Kier molecular flexibility index (Phi) is 10.6. The molecular formula is C6H12BNO3. The number of hydrogen-bond donors (Lipinski definition) is 1. The topological polar surface area (TPSA) is 121 Å². The first-order chi connectivity index (χ1) is 3.79. The zero-order valence-electron chi connectivity index (χ0n) is 5.96. The summed E-state index contributed by atoms with van der Waals surface area (Å²) in [5, 5.41) is 0. The molecular weight excluding hydrogens is 145 g/mol. The lowest BCUT2D eigenvalue weighted by Gasteiger charge is -1.91. The van der Waals surface area contributed by atoms with Crippen molar-refractivity contribution < 1.29 is 16.4 Å². The molecule has 4 nitrogen and oxygen atoms in total. The highest BCUT2D eigenvalue weighted by atomic mass is 16.0. The van der Waals surface area contributed by atoms with E-state index in [0.29, 0.717) is 11.2 Å². The van der Waals surface area contributed by atoms with Gasteiger partial charge in [0, 0.05) is 5.69 Å². The highest BCUT2D eigenvalue weighted by molar-refractivity contribution is 6.32. The lowest BCUT2D eigenvalue weighted by molar-refractivity contribution is 0.823. The maximum Gasteiger partial charge on any atom is 0.113 e. The third-order valence-electron chi connectivity index (χ3n) is 0.911. The summed E-state index contributed by atoms with van der Waals surface area (Å²) in [5.41, 5.74) is 6.80. The Morgan fingerprint density at radius 2 is 1.64 bits per heavy atom. The predicted molar refractivity (Wildman–Crippen MR) is 47.1 cm³/mol. The molecule has 0 fully saturated rings. The van der Waals surface area contributed by atoms with Crippen molar-refractivity contribution in [3.63, 3.8) is 0 Å². The van der Waals surface area contributed by atoms with Gasteiger partial charge in [-0.25, -0.2) is 0 Å². The summed E-state index contributed by atoms with van der Waals surface area (Å²) < 4.78 is 0. The van der Waals surface area contributed by atoms with E-state index in [1.807, 2.05) is 6.07 Å². The van der Waals surface area contributed by atoms with Crippen molar-refractivity contribution in [2.75, 3.05) is 5.73 Å². The first-order valence-corrected chi connectivity index (χ1v) is 2.40. The molecule has 0 aliphatic carbocycles. The van der Waals surface area contributed by atoms with Crippen molar-refractivity contribution >= 4 is 19.0 Å². The van der Waals surface area contributed by atoms with Gasteiger partial charge in [-0.2, -0.15) is 0 Å². The fourth-order valence-electron chi connectivity index (χ4n) is 0.559.